The van der Waals surface area contributed by atoms with Crippen LogP contribution in [0.25, 0.3) is 0 Å². The first-order valence-corrected chi connectivity index (χ1v) is 3.29. The average molecular weight is 150 g/mol. The van der Waals surface area contributed by atoms with Gasteiger partial charge < -0.3 is 4.52 Å². The Balaban J connectivity index is 3.20. The molecule has 50 valence electrons. The monoisotopic (exact) mass is 150 g/mol. The largest absolute Gasteiger partial charge is 0.369 e. The van der Waals surface area contributed by atoms with Gasteiger partial charge in [0, 0.05) is 0 Å². The van der Waals surface area contributed by atoms with Gasteiger partial charge in [-0.1, -0.05) is 5.16 Å². The van der Waals surface area contributed by atoms with E-state index in [2.05, 4.69) is 14.7 Å². The molecule has 1 rings (SSSR count). The van der Waals surface area contributed by atoms with E-state index in [0.29, 0.717) is 0 Å². The topological polar surface area (TPSA) is 93.3 Å². The highest BCUT2D eigenvalue weighted by Crippen LogP contribution is 1.98. The van der Waals surface area contributed by atoms with Gasteiger partial charge in [0.15, 0.2) is 6.33 Å². The molecule has 0 bridgehead atoms. The third kappa shape index (κ3) is 1.24. The first-order chi connectivity index (χ1) is 4.11. The molecule has 1 aromatic heterocycles. The van der Waals surface area contributed by atoms with Crippen molar-refractivity contribution in [2.75, 3.05) is 0 Å². The average Bonchev–Trinajstić information content (AvgIpc) is 2.08. The van der Waals surface area contributed by atoms with Crippen molar-refractivity contribution in [1.29, 1.82) is 0 Å². The molecule has 6 nitrogen and oxygen atoms in total. The molecule has 0 radical (unpaired) electrons. The van der Waals surface area contributed by atoms with Crippen LogP contribution in [0.2, 0.25) is 0 Å². The second-order valence-electron chi connectivity index (χ2n) is 1.18. The first-order valence-electron chi connectivity index (χ1n) is 1.85. The molecule has 0 saturated heterocycles. The maximum absolute atomic E-state index is 10.1. The second-order valence-corrected chi connectivity index (χ2v) is 2.48. The summed E-state index contributed by atoms with van der Waals surface area (Å²) in [5, 5.41) is 2.17. The Morgan fingerprint density at radius 1 is 1.67 bits per heavy atom. The molecule has 0 unspecified atom stereocenters. The third-order valence-corrected chi connectivity index (χ3v) is 1.18. The van der Waals surface area contributed by atoms with Crippen molar-refractivity contribution in [2.24, 2.45) is 0 Å². The lowest BCUT2D eigenvalue weighted by Gasteiger charge is -1.80. The maximum Gasteiger partial charge on any atom is 0.369 e. The molecule has 1 aromatic rings. The van der Waals surface area contributed by atoms with Crippen LogP contribution < -0.4 is 0 Å². The molecule has 1 N–H and O–H groups in total. The molecule has 0 fully saturated rings. The lowest BCUT2D eigenvalue weighted by Crippen LogP contribution is -1.97. The summed E-state index contributed by atoms with van der Waals surface area (Å²) in [6, 6.07) is 0. The second kappa shape index (κ2) is 1.78. The first kappa shape index (κ1) is 6.17. The van der Waals surface area contributed by atoms with Crippen LogP contribution in [0.4, 0.5) is 0 Å². The predicted octanol–water partition coefficient (Wildman–Crippen LogP) is -0.684. The van der Waals surface area contributed by atoms with Gasteiger partial charge in [0.05, 0.1) is 0 Å². The number of hydrogen-bond acceptors (Lipinski definition) is 5. The van der Waals surface area contributed by atoms with Gasteiger partial charge >= 0.3 is 15.3 Å². The lowest BCUT2D eigenvalue weighted by molar-refractivity contribution is 0.313. The fraction of sp³-hybridized carbons (Fsp3) is 0. The van der Waals surface area contributed by atoms with E-state index in [4.69, 9.17) is 4.55 Å². The van der Waals surface area contributed by atoms with Gasteiger partial charge in [-0.25, -0.2) is 0 Å². The number of aromatic nitrogens is 2. The summed E-state index contributed by atoms with van der Waals surface area (Å²) >= 11 is 0. The molecule has 0 amide bonds. The van der Waals surface area contributed by atoms with Gasteiger partial charge in [0.1, 0.15) is 0 Å². The zero-order valence-electron chi connectivity index (χ0n) is 4.05. The van der Waals surface area contributed by atoms with E-state index in [-0.39, 0.29) is 0 Å². The van der Waals surface area contributed by atoms with Crippen LogP contribution in [-0.2, 0) is 10.1 Å². The van der Waals surface area contributed by atoms with E-state index in [9.17, 15) is 8.42 Å². The normalized spacial score (nSPS) is 11.7. The van der Waals surface area contributed by atoms with E-state index in [0.717, 1.165) is 6.33 Å². The van der Waals surface area contributed by atoms with Crippen molar-refractivity contribution in [3.8, 4) is 0 Å². The standard InChI is InChI=1S/C2H2N2O4S/c5-9(6,7)2-3-1-4-8-2/h1H,(H,5,6,7). The molecule has 1 heterocycles. The molecule has 0 spiro atoms. The van der Waals surface area contributed by atoms with E-state index < -0.39 is 15.3 Å². The SMILES string of the molecule is O=S(=O)(O)c1ncno1. The quantitative estimate of drug-likeness (QED) is 0.533. The Morgan fingerprint density at radius 3 is 2.56 bits per heavy atom. The third-order valence-electron chi connectivity index (χ3n) is 0.562. The summed E-state index contributed by atoms with van der Waals surface area (Å²) in [6.45, 7) is 0. The lowest BCUT2D eigenvalue weighted by atomic mass is 11.3. The fourth-order valence-corrected chi connectivity index (χ4v) is 0.594. The fourth-order valence-electron chi connectivity index (χ4n) is 0.277. The number of nitrogens with zero attached hydrogens (tertiary/aromatic N) is 2. The van der Waals surface area contributed by atoms with Crippen LogP contribution in [-0.4, -0.2) is 23.1 Å². The summed E-state index contributed by atoms with van der Waals surface area (Å²) in [5.41, 5.74) is 0. The molecule has 0 aliphatic heterocycles. The van der Waals surface area contributed by atoms with Gasteiger partial charge in [-0.2, -0.15) is 13.4 Å². The Hall–Kier alpha value is -0.950. The van der Waals surface area contributed by atoms with Crippen molar-refractivity contribution < 1.29 is 17.5 Å². The van der Waals surface area contributed by atoms with Gasteiger partial charge in [0.2, 0.25) is 0 Å². The highest BCUT2D eigenvalue weighted by Gasteiger charge is 2.14. The van der Waals surface area contributed by atoms with Crippen molar-refractivity contribution in [2.45, 2.75) is 5.22 Å². The smallest absolute Gasteiger partial charge is 0.319 e. The summed E-state index contributed by atoms with van der Waals surface area (Å²) in [5.74, 6) is 0. The summed E-state index contributed by atoms with van der Waals surface area (Å²) in [7, 11) is -4.30. The minimum atomic E-state index is -4.30. The Kier molecular flexibility index (Phi) is 1.22. The molecule has 0 aliphatic rings. The van der Waals surface area contributed by atoms with Crippen molar-refractivity contribution >= 4 is 10.1 Å². The van der Waals surface area contributed by atoms with Gasteiger partial charge in [-0.15, -0.1) is 0 Å². The summed E-state index contributed by atoms with van der Waals surface area (Å²) in [6.07, 6.45) is 0.878. The van der Waals surface area contributed by atoms with E-state index in [1.165, 1.54) is 0 Å². The van der Waals surface area contributed by atoms with Crippen LogP contribution in [0.5, 0.6) is 0 Å². The van der Waals surface area contributed by atoms with Crippen LogP contribution in [0, 0.1) is 0 Å². The molecule has 9 heavy (non-hydrogen) atoms. The zero-order valence-corrected chi connectivity index (χ0v) is 4.87. The molecular weight excluding hydrogens is 148 g/mol. The van der Waals surface area contributed by atoms with Crippen LogP contribution in [0.3, 0.4) is 0 Å². The minimum Gasteiger partial charge on any atom is -0.319 e. The minimum absolute atomic E-state index is 0.789. The Labute approximate surface area is 50.2 Å². The van der Waals surface area contributed by atoms with Crippen LogP contribution >= 0.6 is 0 Å². The van der Waals surface area contributed by atoms with E-state index >= 15 is 0 Å². The molecule has 7 heteroatoms. The molecule has 0 aliphatic carbocycles. The maximum atomic E-state index is 10.1. The van der Waals surface area contributed by atoms with Crippen LogP contribution in [0.15, 0.2) is 16.1 Å². The summed E-state index contributed by atoms with van der Waals surface area (Å²) in [4.78, 5) is 3.07. The molecule has 0 saturated carbocycles. The van der Waals surface area contributed by atoms with Gasteiger partial charge in [-0.3, -0.25) is 4.55 Å². The van der Waals surface area contributed by atoms with Gasteiger partial charge in [0.25, 0.3) is 0 Å². The van der Waals surface area contributed by atoms with Crippen molar-refractivity contribution in [3.05, 3.63) is 6.33 Å². The highest BCUT2D eigenvalue weighted by atomic mass is 32.2. The number of hydrogen-bond donors (Lipinski definition) is 1. The Morgan fingerprint density at radius 2 is 2.33 bits per heavy atom. The molecule has 0 atom stereocenters. The number of rotatable bonds is 1. The van der Waals surface area contributed by atoms with E-state index in [1.807, 2.05) is 0 Å². The summed E-state index contributed by atoms with van der Waals surface area (Å²) < 4.78 is 32.3. The highest BCUT2D eigenvalue weighted by molar-refractivity contribution is 7.85. The van der Waals surface area contributed by atoms with Crippen molar-refractivity contribution in [3.63, 3.8) is 0 Å². The van der Waals surface area contributed by atoms with E-state index in [1.54, 1.807) is 0 Å². The van der Waals surface area contributed by atoms with Gasteiger partial charge in [-0.05, 0) is 0 Å². The van der Waals surface area contributed by atoms with Crippen LogP contribution in [0.1, 0.15) is 0 Å². The predicted molar refractivity (Wildman–Crippen MR) is 24.1 cm³/mol. The molecule has 0 aromatic carbocycles. The zero-order chi connectivity index (χ0) is 6.91. The Bertz CT molecular complexity index is 274. The van der Waals surface area contributed by atoms with Crippen molar-refractivity contribution in [1.82, 2.24) is 10.1 Å². The molecular formula is C2H2N2O4S.